The van der Waals surface area contributed by atoms with Crippen LogP contribution in [0, 0.1) is 12.7 Å². The molecule has 3 aromatic rings. The van der Waals surface area contributed by atoms with Crippen LogP contribution in [0.25, 0.3) is 0 Å². The minimum absolute atomic E-state index is 0.0352. The fourth-order valence-corrected chi connectivity index (χ4v) is 4.81. The summed E-state index contributed by atoms with van der Waals surface area (Å²) in [6.45, 7) is 6.03. The van der Waals surface area contributed by atoms with Crippen LogP contribution in [-0.4, -0.2) is 34.1 Å². The maximum atomic E-state index is 14.6. The molecule has 3 aromatic carbocycles. The maximum absolute atomic E-state index is 14.6. The first-order valence-corrected chi connectivity index (χ1v) is 12.7. The van der Waals surface area contributed by atoms with E-state index in [1.165, 1.54) is 30.3 Å². The van der Waals surface area contributed by atoms with E-state index in [9.17, 15) is 17.6 Å². The van der Waals surface area contributed by atoms with Crippen LogP contribution in [0.5, 0.6) is 11.5 Å². The Labute approximate surface area is 205 Å². The molecule has 0 aliphatic heterocycles. The standard InChI is InChI=1S/C26H29FN2O5S/c1-4-33-24-15-12-20(16-25(24)34-5-2)17-28-26(30)18-29(23-9-7-6-8-22(23)27)35(31,32)21-13-10-19(3)11-14-21/h6-16H,4-5,17-18H2,1-3H3,(H,28,30). The molecule has 0 saturated heterocycles. The van der Waals surface area contributed by atoms with Crippen LogP contribution in [0.4, 0.5) is 10.1 Å². The molecule has 0 heterocycles. The number of sulfonamides is 1. The van der Waals surface area contributed by atoms with Crippen molar-refractivity contribution in [3.05, 3.63) is 83.7 Å². The molecule has 0 atom stereocenters. The van der Waals surface area contributed by atoms with Gasteiger partial charge in [0, 0.05) is 6.54 Å². The Morgan fingerprint density at radius 3 is 2.26 bits per heavy atom. The summed E-state index contributed by atoms with van der Waals surface area (Å²) in [7, 11) is -4.20. The van der Waals surface area contributed by atoms with Gasteiger partial charge >= 0.3 is 0 Å². The number of para-hydroxylation sites is 1. The molecule has 0 unspecified atom stereocenters. The summed E-state index contributed by atoms with van der Waals surface area (Å²) in [6, 6.07) is 16.9. The lowest BCUT2D eigenvalue weighted by Crippen LogP contribution is -2.41. The van der Waals surface area contributed by atoms with Gasteiger partial charge in [-0.2, -0.15) is 0 Å². The first-order chi connectivity index (χ1) is 16.8. The number of halogens is 1. The highest BCUT2D eigenvalue weighted by Gasteiger charge is 2.29. The number of benzene rings is 3. The fraction of sp³-hybridized carbons (Fsp3) is 0.269. The van der Waals surface area contributed by atoms with Crippen LogP contribution >= 0.6 is 0 Å². The van der Waals surface area contributed by atoms with Gasteiger partial charge in [0.25, 0.3) is 10.0 Å². The molecule has 9 heteroatoms. The molecule has 0 fully saturated rings. The lowest BCUT2D eigenvalue weighted by Gasteiger charge is -2.24. The Balaban J connectivity index is 1.82. The Morgan fingerprint density at radius 1 is 0.943 bits per heavy atom. The number of hydrogen-bond acceptors (Lipinski definition) is 5. The van der Waals surface area contributed by atoms with Gasteiger partial charge in [0.15, 0.2) is 11.5 Å². The summed E-state index contributed by atoms with van der Waals surface area (Å²) in [4.78, 5) is 12.8. The number of ether oxygens (including phenoxy) is 2. The van der Waals surface area contributed by atoms with Crippen molar-refractivity contribution in [2.24, 2.45) is 0 Å². The van der Waals surface area contributed by atoms with Crippen LogP contribution in [0.15, 0.2) is 71.6 Å². The molecule has 0 aromatic heterocycles. The predicted octanol–water partition coefficient (Wildman–Crippen LogP) is 4.44. The lowest BCUT2D eigenvalue weighted by atomic mass is 10.2. The number of nitrogens with zero attached hydrogens (tertiary/aromatic N) is 1. The maximum Gasteiger partial charge on any atom is 0.264 e. The van der Waals surface area contributed by atoms with Crippen molar-refractivity contribution in [3.63, 3.8) is 0 Å². The normalized spacial score (nSPS) is 11.1. The van der Waals surface area contributed by atoms with E-state index < -0.39 is 28.3 Å². The van der Waals surface area contributed by atoms with E-state index >= 15 is 0 Å². The van der Waals surface area contributed by atoms with E-state index in [0.717, 1.165) is 21.5 Å². The second-order valence-electron chi connectivity index (χ2n) is 7.70. The molecule has 3 rings (SSSR count). The average molecular weight is 501 g/mol. The number of anilines is 1. The van der Waals surface area contributed by atoms with Gasteiger partial charge in [-0.1, -0.05) is 35.9 Å². The molecule has 186 valence electrons. The number of nitrogens with one attached hydrogen (secondary N) is 1. The van der Waals surface area contributed by atoms with Gasteiger partial charge in [0.2, 0.25) is 5.91 Å². The molecule has 1 N–H and O–H groups in total. The molecular weight excluding hydrogens is 471 g/mol. The quantitative estimate of drug-likeness (QED) is 0.421. The van der Waals surface area contributed by atoms with E-state index in [2.05, 4.69) is 5.32 Å². The average Bonchev–Trinajstić information content (AvgIpc) is 2.83. The van der Waals surface area contributed by atoms with Crippen molar-refractivity contribution in [2.75, 3.05) is 24.1 Å². The topological polar surface area (TPSA) is 84.9 Å². The zero-order valence-electron chi connectivity index (χ0n) is 20.0. The number of carbonyl (C=O) groups excluding carboxylic acids is 1. The first kappa shape index (κ1) is 26.0. The van der Waals surface area contributed by atoms with Crippen LogP contribution in [0.3, 0.4) is 0 Å². The molecule has 0 spiro atoms. The Morgan fingerprint density at radius 2 is 1.60 bits per heavy atom. The highest BCUT2D eigenvalue weighted by Crippen LogP contribution is 2.29. The summed E-state index contributed by atoms with van der Waals surface area (Å²) >= 11 is 0. The molecule has 1 amide bonds. The SMILES string of the molecule is CCOc1ccc(CNC(=O)CN(c2ccccc2F)S(=O)(=O)c2ccc(C)cc2)cc1OCC. The molecule has 0 radical (unpaired) electrons. The van der Waals surface area contributed by atoms with E-state index in [4.69, 9.17) is 9.47 Å². The van der Waals surface area contributed by atoms with Crippen LogP contribution < -0.4 is 19.1 Å². The highest BCUT2D eigenvalue weighted by molar-refractivity contribution is 7.92. The van der Waals surface area contributed by atoms with Crippen molar-refractivity contribution < 1.29 is 27.1 Å². The number of carbonyl (C=O) groups is 1. The summed E-state index contributed by atoms with van der Waals surface area (Å²) in [5, 5.41) is 2.71. The molecular formula is C26H29FN2O5S. The van der Waals surface area contributed by atoms with Gasteiger partial charge in [0.1, 0.15) is 12.4 Å². The van der Waals surface area contributed by atoms with E-state index in [1.54, 1.807) is 30.3 Å². The van der Waals surface area contributed by atoms with Crippen molar-refractivity contribution in [3.8, 4) is 11.5 Å². The minimum atomic E-state index is -4.20. The van der Waals surface area contributed by atoms with Gasteiger partial charge in [-0.3, -0.25) is 9.10 Å². The third kappa shape index (κ3) is 6.51. The largest absolute Gasteiger partial charge is 0.490 e. The van der Waals surface area contributed by atoms with Gasteiger partial charge in [0.05, 0.1) is 23.8 Å². The number of rotatable bonds is 11. The highest BCUT2D eigenvalue weighted by atomic mass is 32.2. The summed E-state index contributed by atoms with van der Waals surface area (Å²) in [6.07, 6.45) is 0. The fourth-order valence-electron chi connectivity index (χ4n) is 3.38. The third-order valence-corrected chi connectivity index (χ3v) is 6.89. The molecule has 0 aliphatic rings. The van der Waals surface area contributed by atoms with Gasteiger partial charge in [-0.05, 0) is 62.7 Å². The van der Waals surface area contributed by atoms with Crippen LogP contribution in [-0.2, 0) is 21.4 Å². The van der Waals surface area contributed by atoms with Crippen molar-refractivity contribution >= 4 is 21.6 Å². The van der Waals surface area contributed by atoms with Gasteiger partial charge in [-0.25, -0.2) is 12.8 Å². The van der Waals surface area contributed by atoms with Crippen molar-refractivity contribution in [2.45, 2.75) is 32.2 Å². The minimum Gasteiger partial charge on any atom is -0.490 e. The molecule has 0 bridgehead atoms. The second kappa shape index (κ2) is 11.7. The van der Waals surface area contributed by atoms with Crippen LogP contribution in [0.1, 0.15) is 25.0 Å². The predicted molar refractivity (Wildman–Crippen MR) is 133 cm³/mol. The third-order valence-electron chi connectivity index (χ3n) is 5.11. The van der Waals surface area contributed by atoms with Crippen molar-refractivity contribution in [1.82, 2.24) is 5.32 Å². The molecule has 0 saturated carbocycles. The summed E-state index contributed by atoms with van der Waals surface area (Å²) in [5.41, 5.74) is 1.41. The smallest absolute Gasteiger partial charge is 0.264 e. The zero-order chi connectivity index (χ0) is 25.4. The summed E-state index contributed by atoms with van der Waals surface area (Å²) in [5.74, 6) is -0.185. The van der Waals surface area contributed by atoms with E-state index in [1.807, 2.05) is 20.8 Å². The Hall–Kier alpha value is -3.59. The molecule has 0 aliphatic carbocycles. The molecule has 35 heavy (non-hydrogen) atoms. The van der Waals surface area contributed by atoms with Gasteiger partial charge in [-0.15, -0.1) is 0 Å². The number of aryl methyl sites for hydroxylation is 1. The zero-order valence-corrected chi connectivity index (χ0v) is 20.8. The number of amides is 1. The first-order valence-electron chi connectivity index (χ1n) is 11.3. The van der Waals surface area contributed by atoms with E-state index in [0.29, 0.717) is 24.7 Å². The number of hydrogen-bond donors (Lipinski definition) is 1. The second-order valence-corrected chi connectivity index (χ2v) is 9.56. The van der Waals surface area contributed by atoms with E-state index in [-0.39, 0.29) is 17.1 Å². The monoisotopic (exact) mass is 500 g/mol. The van der Waals surface area contributed by atoms with Crippen LogP contribution in [0.2, 0.25) is 0 Å². The van der Waals surface area contributed by atoms with Gasteiger partial charge < -0.3 is 14.8 Å². The summed E-state index contributed by atoms with van der Waals surface area (Å²) < 4.78 is 53.3. The Kier molecular flexibility index (Phi) is 8.70. The Bertz CT molecular complexity index is 1260. The lowest BCUT2D eigenvalue weighted by molar-refractivity contribution is -0.119. The van der Waals surface area contributed by atoms with Crippen molar-refractivity contribution in [1.29, 1.82) is 0 Å². The molecule has 7 nitrogen and oxygen atoms in total.